The van der Waals surface area contributed by atoms with Crippen LogP contribution in [-0.2, 0) is 38.2 Å². The SMILES string of the molecule is CC(C)COC(=O)NC(C(=O)NC(CC1CC1)C(=O)NC(CC1CC1)C(=O)C(=O)NCC(=O)N[C@H](C(=O)OC(C)(C)C)c1ccccc1)C1CCCCC1. The maximum Gasteiger partial charge on any atom is 0.407 e. The Morgan fingerprint density at radius 1 is 0.741 bits per heavy atom. The second kappa shape index (κ2) is 19.7. The monoisotopic (exact) mass is 753 g/mol. The Labute approximate surface area is 318 Å². The molecule has 1 aromatic rings. The number of hydrogen-bond acceptors (Lipinski definition) is 9. The Kier molecular flexibility index (Phi) is 15.4. The molecule has 3 aliphatic carbocycles. The topological polar surface area (TPSA) is 198 Å². The van der Waals surface area contributed by atoms with Gasteiger partial charge in [-0.25, -0.2) is 9.59 Å². The molecule has 3 aliphatic rings. The maximum atomic E-state index is 13.8. The number of hydrogen-bond donors (Lipinski definition) is 5. The number of ether oxygens (including phenoxy) is 2. The van der Waals surface area contributed by atoms with Crippen molar-refractivity contribution in [3.8, 4) is 0 Å². The fraction of sp³-hybridized carbons (Fsp3) is 0.675. The van der Waals surface area contributed by atoms with Gasteiger partial charge in [0.2, 0.25) is 23.5 Å². The zero-order valence-electron chi connectivity index (χ0n) is 32.4. The third-order valence-electron chi connectivity index (χ3n) is 9.74. The van der Waals surface area contributed by atoms with Gasteiger partial charge in [-0.1, -0.05) is 89.1 Å². The third-order valence-corrected chi connectivity index (χ3v) is 9.74. The number of Topliss-reactive ketones (excluding diaryl/α,β-unsaturated/α-hetero) is 1. The van der Waals surface area contributed by atoms with Gasteiger partial charge < -0.3 is 36.1 Å². The summed E-state index contributed by atoms with van der Waals surface area (Å²) < 4.78 is 10.8. The van der Waals surface area contributed by atoms with E-state index in [0.717, 1.165) is 57.8 Å². The minimum atomic E-state index is -1.18. The summed E-state index contributed by atoms with van der Waals surface area (Å²) >= 11 is 0. The van der Waals surface area contributed by atoms with E-state index < -0.39 is 77.8 Å². The van der Waals surface area contributed by atoms with Crippen molar-refractivity contribution in [3.63, 3.8) is 0 Å². The van der Waals surface area contributed by atoms with E-state index in [1.165, 1.54) is 0 Å². The zero-order chi connectivity index (χ0) is 39.4. The summed E-state index contributed by atoms with van der Waals surface area (Å²) in [5.74, 6) is -4.10. The highest BCUT2D eigenvalue weighted by molar-refractivity contribution is 6.38. The minimum Gasteiger partial charge on any atom is -0.458 e. The fourth-order valence-corrected chi connectivity index (χ4v) is 6.55. The van der Waals surface area contributed by atoms with Crippen LogP contribution in [0.5, 0.6) is 0 Å². The van der Waals surface area contributed by atoms with E-state index in [2.05, 4.69) is 26.6 Å². The molecule has 4 rings (SSSR count). The van der Waals surface area contributed by atoms with Crippen molar-refractivity contribution in [2.24, 2.45) is 23.7 Å². The van der Waals surface area contributed by atoms with Gasteiger partial charge in [-0.3, -0.25) is 24.0 Å². The summed E-state index contributed by atoms with van der Waals surface area (Å²) in [5, 5.41) is 13.3. The number of ketones is 1. The zero-order valence-corrected chi connectivity index (χ0v) is 32.4. The van der Waals surface area contributed by atoms with Crippen LogP contribution in [0, 0.1) is 23.7 Å². The minimum absolute atomic E-state index is 0.117. The number of amides is 5. The Morgan fingerprint density at radius 2 is 1.33 bits per heavy atom. The van der Waals surface area contributed by atoms with Crippen LogP contribution in [-0.4, -0.2) is 78.4 Å². The summed E-state index contributed by atoms with van der Waals surface area (Å²) in [6.45, 7) is 8.55. The number of benzene rings is 1. The van der Waals surface area contributed by atoms with E-state index in [1.807, 2.05) is 13.8 Å². The lowest BCUT2D eigenvalue weighted by atomic mass is 9.83. The first kappa shape index (κ1) is 42.3. The van der Waals surface area contributed by atoms with Crippen LogP contribution in [0.15, 0.2) is 30.3 Å². The van der Waals surface area contributed by atoms with Gasteiger partial charge >= 0.3 is 12.1 Å². The summed E-state index contributed by atoms with van der Waals surface area (Å²) in [7, 11) is 0. The number of carbonyl (C=O) groups excluding carboxylic acids is 7. The molecule has 14 heteroatoms. The first-order chi connectivity index (χ1) is 25.6. The third kappa shape index (κ3) is 14.4. The molecular weight excluding hydrogens is 694 g/mol. The van der Waals surface area contributed by atoms with Gasteiger partial charge in [-0.15, -0.1) is 0 Å². The van der Waals surface area contributed by atoms with Gasteiger partial charge in [-0.2, -0.15) is 0 Å². The molecule has 1 aromatic carbocycles. The van der Waals surface area contributed by atoms with Crippen LogP contribution < -0.4 is 26.6 Å². The van der Waals surface area contributed by atoms with E-state index in [0.29, 0.717) is 12.0 Å². The van der Waals surface area contributed by atoms with Crippen LogP contribution in [0.3, 0.4) is 0 Å². The van der Waals surface area contributed by atoms with Crippen LogP contribution >= 0.6 is 0 Å². The normalized spacial score (nSPS) is 18.3. The lowest BCUT2D eigenvalue weighted by Crippen LogP contribution is -2.58. The van der Waals surface area contributed by atoms with Crippen molar-refractivity contribution in [1.29, 1.82) is 0 Å². The summed E-state index contributed by atoms with van der Waals surface area (Å²) in [5.41, 5.74) is -0.332. The smallest absolute Gasteiger partial charge is 0.407 e. The van der Waals surface area contributed by atoms with Crippen molar-refractivity contribution in [3.05, 3.63) is 35.9 Å². The molecule has 0 radical (unpaired) electrons. The van der Waals surface area contributed by atoms with E-state index >= 15 is 0 Å². The molecule has 0 spiro atoms. The van der Waals surface area contributed by atoms with Crippen molar-refractivity contribution in [2.75, 3.05) is 13.2 Å². The van der Waals surface area contributed by atoms with Gasteiger partial charge in [0.25, 0.3) is 5.91 Å². The van der Waals surface area contributed by atoms with Crippen molar-refractivity contribution < 1.29 is 43.0 Å². The highest BCUT2D eigenvalue weighted by atomic mass is 16.6. The van der Waals surface area contributed by atoms with Gasteiger partial charge in [-0.05, 0) is 75.7 Å². The molecule has 5 N–H and O–H groups in total. The van der Waals surface area contributed by atoms with Gasteiger partial charge in [0.05, 0.1) is 19.2 Å². The first-order valence-corrected chi connectivity index (χ1v) is 19.5. The van der Waals surface area contributed by atoms with Crippen molar-refractivity contribution in [2.45, 2.75) is 135 Å². The Balaban J connectivity index is 1.40. The largest absolute Gasteiger partial charge is 0.458 e. The van der Waals surface area contributed by atoms with Crippen LogP contribution in [0.2, 0.25) is 0 Å². The Morgan fingerprint density at radius 3 is 1.91 bits per heavy atom. The van der Waals surface area contributed by atoms with Crippen LogP contribution in [0.1, 0.15) is 117 Å². The number of carbonyl (C=O) groups is 7. The molecule has 5 amide bonds. The van der Waals surface area contributed by atoms with E-state index in [1.54, 1.807) is 51.1 Å². The first-order valence-electron chi connectivity index (χ1n) is 19.5. The fourth-order valence-electron chi connectivity index (χ4n) is 6.55. The highest BCUT2D eigenvalue weighted by Crippen LogP contribution is 2.35. The van der Waals surface area contributed by atoms with Gasteiger partial charge in [0, 0.05) is 0 Å². The van der Waals surface area contributed by atoms with E-state index in [9.17, 15) is 33.6 Å². The van der Waals surface area contributed by atoms with Crippen LogP contribution in [0.4, 0.5) is 4.79 Å². The maximum absolute atomic E-state index is 13.8. The summed E-state index contributed by atoms with van der Waals surface area (Å²) in [4.78, 5) is 92.9. The molecule has 0 saturated heterocycles. The van der Waals surface area contributed by atoms with E-state index in [4.69, 9.17) is 9.47 Å². The van der Waals surface area contributed by atoms with Gasteiger partial charge in [0.15, 0.2) is 6.04 Å². The second-order valence-electron chi connectivity index (χ2n) is 16.5. The molecule has 0 bridgehead atoms. The Hall–Kier alpha value is -4.49. The lowest BCUT2D eigenvalue weighted by molar-refractivity contribution is -0.158. The van der Waals surface area contributed by atoms with E-state index in [-0.39, 0.29) is 36.7 Å². The number of alkyl carbamates (subject to hydrolysis) is 1. The number of rotatable bonds is 19. The quantitative estimate of drug-likeness (QED) is 0.103. The lowest BCUT2D eigenvalue weighted by Gasteiger charge is -2.31. The molecule has 298 valence electrons. The average Bonchev–Trinajstić information content (AvgIpc) is 4.07. The molecule has 14 nitrogen and oxygen atoms in total. The average molecular weight is 754 g/mol. The standard InChI is InChI=1S/C40H59N5O9/c1-24(2)23-53-39(52)45-32(27-12-8-6-9-13-27)36(49)43-30(21-26-18-19-26)35(48)42-29(20-25-16-17-25)34(47)37(50)41-22-31(46)44-33(28-14-10-7-11-15-28)38(51)54-40(3,4)5/h7,10-11,14-15,24-27,29-30,32-33H,6,8-9,12-13,16-23H2,1-5H3,(H,41,50)(H,42,48)(H,43,49)(H,44,46)(H,45,52)/t29?,30?,32?,33-/m0/s1. The number of esters is 1. The molecular formula is C40H59N5O9. The molecule has 0 heterocycles. The molecule has 0 aliphatic heterocycles. The molecule has 3 saturated carbocycles. The summed E-state index contributed by atoms with van der Waals surface area (Å²) in [6, 6.07) is 4.31. The predicted molar refractivity (Wildman–Crippen MR) is 199 cm³/mol. The number of nitrogens with one attached hydrogen (secondary N) is 5. The van der Waals surface area contributed by atoms with Crippen molar-refractivity contribution >= 4 is 41.5 Å². The van der Waals surface area contributed by atoms with Gasteiger partial charge in [0.1, 0.15) is 17.7 Å². The summed E-state index contributed by atoms with van der Waals surface area (Å²) in [6.07, 6.45) is 7.79. The Bertz CT molecular complexity index is 1480. The highest BCUT2D eigenvalue weighted by Gasteiger charge is 2.39. The van der Waals surface area contributed by atoms with Crippen molar-refractivity contribution in [1.82, 2.24) is 26.6 Å². The van der Waals surface area contributed by atoms with Crippen LogP contribution in [0.25, 0.3) is 0 Å². The molecule has 4 atom stereocenters. The second-order valence-corrected chi connectivity index (χ2v) is 16.5. The molecule has 0 aromatic heterocycles. The molecule has 3 fully saturated rings. The molecule has 54 heavy (non-hydrogen) atoms. The predicted octanol–water partition coefficient (Wildman–Crippen LogP) is 3.77. The molecule has 3 unspecified atom stereocenters.